The molecule has 3 heterocycles. The number of anilines is 1. The molecule has 0 radical (unpaired) electrons. The Morgan fingerprint density at radius 3 is 2.56 bits per heavy atom. The predicted molar refractivity (Wildman–Crippen MR) is 130 cm³/mol. The Morgan fingerprint density at radius 2 is 1.88 bits per heavy atom. The molecule has 1 aromatic heterocycles. The van der Waals surface area contributed by atoms with Gasteiger partial charge in [-0.15, -0.1) is 0 Å². The van der Waals surface area contributed by atoms with E-state index in [0.29, 0.717) is 12.5 Å². The van der Waals surface area contributed by atoms with Crippen LogP contribution in [0.3, 0.4) is 0 Å². The highest BCUT2D eigenvalue weighted by Gasteiger charge is 2.31. The van der Waals surface area contributed by atoms with E-state index in [9.17, 15) is 4.79 Å². The molecule has 1 amide bonds. The highest BCUT2D eigenvalue weighted by Crippen LogP contribution is 2.27. The van der Waals surface area contributed by atoms with Crippen LogP contribution < -0.4 is 15.5 Å². The zero-order valence-corrected chi connectivity index (χ0v) is 19.9. The van der Waals surface area contributed by atoms with Crippen LogP contribution in [0.4, 0.5) is 5.82 Å². The van der Waals surface area contributed by atoms with Crippen molar-refractivity contribution in [3.63, 3.8) is 0 Å². The lowest BCUT2D eigenvalue weighted by atomic mass is 9.88. The molecule has 1 aromatic rings. The normalized spacial score (nSPS) is 23.4. The molecule has 0 spiro atoms. The molecule has 3 fully saturated rings. The molecular formula is C25H40N6O. The summed E-state index contributed by atoms with van der Waals surface area (Å²) in [6, 6.07) is 4.55. The molecule has 1 unspecified atom stereocenters. The maximum atomic E-state index is 12.8. The molecule has 0 aromatic carbocycles. The molecule has 2 saturated heterocycles. The van der Waals surface area contributed by atoms with E-state index in [2.05, 4.69) is 49.5 Å². The highest BCUT2D eigenvalue weighted by molar-refractivity contribution is 5.81. The first-order valence-corrected chi connectivity index (χ1v) is 12.6. The van der Waals surface area contributed by atoms with E-state index in [4.69, 9.17) is 0 Å². The number of aromatic nitrogens is 1. The molecule has 176 valence electrons. The van der Waals surface area contributed by atoms with Crippen molar-refractivity contribution in [3.8, 4) is 0 Å². The van der Waals surface area contributed by atoms with Crippen molar-refractivity contribution in [2.24, 2.45) is 16.8 Å². The van der Waals surface area contributed by atoms with Gasteiger partial charge in [0.1, 0.15) is 5.82 Å². The molecule has 4 rings (SSSR count). The van der Waals surface area contributed by atoms with Crippen molar-refractivity contribution in [1.82, 2.24) is 20.5 Å². The standard InChI is InChI=1S/C25H40N6O/c1-19-10-13-30(14-11-19)23-9-8-20(16-27-23)17-28-25(26-2)29-22-12-15-31(18-22)24(32)21-6-4-3-5-7-21/h8-9,16,19,21-22H,3-7,10-15,17-18H2,1-2H3,(H2,26,28,29). The number of hydrogen-bond donors (Lipinski definition) is 2. The molecule has 1 aliphatic carbocycles. The molecular weight excluding hydrogens is 400 g/mol. The van der Waals surface area contributed by atoms with Gasteiger partial charge in [-0.2, -0.15) is 0 Å². The second-order valence-electron chi connectivity index (χ2n) is 9.87. The third-order valence-electron chi connectivity index (χ3n) is 7.40. The minimum atomic E-state index is 0.253. The van der Waals surface area contributed by atoms with Crippen molar-refractivity contribution in [2.45, 2.75) is 70.9 Å². The zero-order chi connectivity index (χ0) is 22.3. The van der Waals surface area contributed by atoms with Crippen molar-refractivity contribution in [1.29, 1.82) is 0 Å². The fourth-order valence-corrected chi connectivity index (χ4v) is 5.21. The van der Waals surface area contributed by atoms with Gasteiger partial charge in [-0.25, -0.2) is 4.98 Å². The number of pyridine rings is 1. The summed E-state index contributed by atoms with van der Waals surface area (Å²) in [5, 5.41) is 6.91. The van der Waals surface area contributed by atoms with Crippen molar-refractivity contribution < 1.29 is 4.79 Å². The fraction of sp³-hybridized carbons (Fsp3) is 0.720. The van der Waals surface area contributed by atoms with Crippen LogP contribution in [-0.2, 0) is 11.3 Å². The SMILES string of the molecule is CN=C(NCc1ccc(N2CCC(C)CC2)nc1)NC1CCN(C(=O)C2CCCCC2)C1. The van der Waals surface area contributed by atoms with Gasteiger partial charge in [0.05, 0.1) is 0 Å². The lowest BCUT2D eigenvalue weighted by molar-refractivity contribution is -0.135. The Morgan fingerprint density at radius 1 is 1.09 bits per heavy atom. The third-order valence-corrected chi connectivity index (χ3v) is 7.40. The van der Waals surface area contributed by atoms with Crippen LogP contribution in [0.2, 0.25) is 0 Å². The summed E-state index contributed by atoms with van der Waals surface area (Å²) in [7, 11) is 1.80. The van der Waals surface area contributed by atoms with Gasteiger partial charge in [-0.3, -0.25) is 9.79 Å². The Kier molecular flexibility index (Phi) is 7.87. The number of carbonyl (C=O) groups is 1. The molecule has 2 N–H and O–H groups in total. The number of carbonyl (C=O) groups excluding carboxylic acids is 1. The van der Waals surface area contributed by atoms with Crippen LogP contribution in [0.5, 0.6) is 0 Å². The van der Waals surface area contributed by atoms with Gasteiger partial charge in [0, 0.05) is 57.9 Å². The Balaban J connectivity index is 1.21. The summed E-state index contributed by atoms with van der Waals surface area (Å²) in [6.45, 7) is 6.85. The lowest BCUT2D eigenvalue weighted by Gasteiger charge is -2.31. The van der Waals surface area contributed by atoms with Crippen LogP contribution in [-0.4, -0.2) is 61.0 Å². The summed E-state index contributed by atoms with van der Waals surface area (Å²) in [5.74, 6) is 3.31. The van der Waals surface area contributed by atoms with E-state index < -0.39 is 0 Å². The number of nitrogens with one attached hydrogen (secondary N) is 2. The van der Waals surface area contributed by atoms with Gasteiger partial charge in [-0.1, -0.05) is 32.3 Å². The largest absolute Gasteiger partial charge is 0.357 e. The maximum absolute atomic E-state index is 12.8. The highest BCUT2D eigenvalue weighted by atomic mass is 16.2. The first kappa shape index (κ1) is 22.9. The minimum Gasteiger partial charge on any atom is -0.357 e. The number of piperidine rings is 1. The second kappa shape index (κ2) is 11.0. The summed E-state index contributed by atoms with van der Waals surface area (Å²) >= 11 is 0. The minimum absolute atomic E-state index is 0.253. The first-order chi connectivity index (χ1) is 15.6. The summed E-state index contributed by atoms with van der Waals surface area (Å²) in [5.41, 5.74) is 1.14. The van der Waals surface area contributed by atoms with Gasteiger partial charge < -0.3 is 20.4 Å². The summed E-state index contributed by atoms with van der Waals surface area (Å²) < 4.78 is 0. The van der Waals surface area contributed by atoms with Gasteiger partial charge in [0.2, 0.25) is 5.91 Å². The van der Waals surface area contributed by atoms with Gasteiger partial charge in [0.15, 0.2) is 5.96 Å². The van der Waals surface area contributed by atoms with Crippen LogP contribution in [0.15, 0.2) is 23.3 Å². The first-order valence-electron chi connectivity index (χ1n) is 12.6. The number of nitrogens with zero attached hydrogens (tertiary/aromatic N) is 4. The quantitative estimate of drug-likeness (QED) is 0.544. The van der Waals surface area contributed by atoms with Gasteiger partial charge in [0.25, 0.3) is 0 Å². The molecule has 2 aliphatic heterocycles. The smallest absolute Gasteiger partial charge is 0.225 e. The van der Waals surface area contributed by atoms with Crippen molar-refractivity contribution in [2.75, 3.05) is 38.1 Å². The van der Waals surface area contributed by atoms with E-state index in [1.165, 1.54) is 32.1 Å². The third kappa shape index (κ3) is 5.93. The number of amides is 1. The van der Waals surface area contributed by atoms with Crippen LogP contribution in [0.25, 0.3) is 0 Å². The van der Waals surface area contributed by atoms with Crippen LogP contribution >= 0.6 is 0 Å². The van der Waals surface area contributed by atoms with Crippen molar-refractivity contribution in [3.05, 3.63) is 23.9 Å². The van der Waals surface area contributed by atoms with E-state index in [1.54, 1.807) is 7.05 Å². The lowest BCUT2D eigenvalue weighted by Crippen LogP contribution is -2.45. The molecule has 7 nitrogen and oxygen atoms in total. The summed E-state index contributed by atoms with van der Waals surface area (Å²) in [6.07, 6.45) is 11.3. The van der Waals surface area contributed by atoms with Crippen molar-refractivity contribution >= 4 is 17.7 Å². The van der Waals surface area contributed by atoms with Crippen LogP contribution in [0, 0.1) is 11.8 Å². The fourth-order valence-electron chi connectivity index (χ4n) is 5.21. The van der Waals surface area contributed by atoms with Gasteiger partial charge in [-0.05, 0) is 49.7 Å². The predicted octanol–water partition coefficient (Wildman–Crippen LogP) is 3.16. The molecule has 0 bridgehead atoms. The number of likely N-dealkylation sites (tertiary alicyclic amines) is 1. The zero-order valence-electron chi connectivity index (χ0n) is 19.9. The Labute approximate surface area is 193 Å². The van der Waals surface area contributed by atoms with E-state index in [-0.39, 0.29) is 12.0 Å². The molecule has 3 aliphatic rings. The van der Waals surface area contributed by atoms with Gasteiger partial charge >= 0.3 is 0 Å². The number of aliphatic imine (C=N–C) groups is 1. The molecule has 32 heavy (non-hydrogen) atoms. The number of guanidine groups is 1. The second-order valence-corrected chi connectivity index (χ2v) is 9.87. The van der Waals surface area contributed by atoms with Crippen LogP contribution in [0.1, 0.15) is 63.9 Å². The van der Waals surface area contributed by atoms with E-state index in [1.807, 2.05) is 6.20 Å². The Bertz CT molecular complexity index is 765. The van der Waals surface area contributed by atoms with E-state index >= 15 is 0 Å². The molecule has 7 heteroatoms. The average Bonchev–Trinajstić information content (AvgIpc) is 3.31. The maximum Gasteiger partial charge on any atom is 0.225 e. The molecule has 1 atom stereocenters. The molecule has 1 saturated carbocycles. The summed E-state index contributed by atoms with van der Waals surface area (Å²) in [4.78, 5) is 26.3. The average molecular weight is 441 g/mol. The number of hydrogen-bond acceptors (Lipinski definition) is 4. The number of rotatable bonds is 5. The topological polar surface area (TPSA) is 72.9 Å². The van der Waals surface area contributed by atoms with E-state index in [0.717, 1.165) is 68.7 Å². The monoisotopic (exact) mass is 440 g/mol. The Hall–Kier alpha value is -2.31.